The number of nitro benzene ring substituents is 1. The molecule has 0 atom stereocenters. The molecule has 0 saturated carbocycles. The second kappa shape index (κ2) is 5.26. The Morgan fingerprint density at radius 2 is 1.95 bits per heavy atom. The molecule has 98 valence electrons. The number of phenols is 1. The van der Waals surface area contributed by atoms with Crippen LogP contribution in [-0.2, 0) is 6.54 Å². The van der Waals surface area contributed by atoms with Gasteiger partial charge in [-0.15, -0.1) is 0 Å². The van der Waals surface area contributed by atoms with Crippen LogP contribution in [0.5, 0.6) is 5.75 Å². The third-order valence-electron chi connectivity index (χ3n) is 2.74. The molecule has 19 heavy (non-hydrogen) atoms. The summed E-state index contributed by atoms with van der Waals surface area (Å²) in [6, 6.07) is 11.1. The highest BCUT2D eigenvalue weighted by atomic mass is 16.6. The van der Waals surface area contributed by atoms with E-state index >= 15 is 0 Å². The monoisotopic (exact) mass is 259 g/mol. The number of nitrogens with zero attached hydrogens (tertiary/aromatic N) is 1. The molecule has 0 heterocycles. The van der Waals surface area contributed by atoms with E-state index in [1.165, 1.54) is 12.1 Å². The van der Waals surface area contributed by atoms with Crippen molar-refractivity contribution in [1.29, 1.82) is 0 Å². The predicted molar refractivity (Wildman–Crippen MR) is 72.9 cm³/mol. The summed E-state index contributed by atoms with van der Waals surface area (Å²) < 4.78 is 0. The maximum Gasteiger partial charge on any atom is 0.292 e. The number of rotatable bonds is 4. The first-order chi connectivity index (χ1) is 9.09. The Hall–Kier alpha value is -2.76. The van der Waals surface area contributed by atoms with Crippen molar-refractivity contribution in [2.75, 3.05) is 11.1 Å². The molecule has 0 fully saturated rings. The fraction of sp³-hybridized carbons (Fsp3) is 0.0769. The van der Waals surface area contributed by atoms with Gasteiger partial charge in [0.2, 0.25) is 0 Å². The van der Waals surface area contributed by atoms with Gasteiger partial charge in [0.1, 0.15) is 11.4 Å². The third kappa shape index (κ3) is 2.74. The molecular weight excluding hydrogens is 246 g/mol. The summed E-state index contributed by atoms with van der Waals surface area (Å²) in [6.07, 6.45) is 0. The molecule has 2 aromatic rings. The minimum absolute atomic E-state index is 0.0171. The zero-order chi connectivity index (χ0) is 13.8. The van der Waals surface area contributed by atoms with Gasteiger partial charge in [0, 0.05) is 23.9 Å². The average molecular weight is 259 g/mol. The number of nitrogens with two attached hydrogens (primary N) is 1. The summed E-state index contributed by atoms with van der Waals surface area (Å²) in [6.45, 7) is 0.212. The molecule has 0 spiro atoms. The highest BCUT2D eigenvalue weighted by Crippen LogP contribution is 2.27. The molecule has 2 rings (SSSR count). The maximum atomic E-state index is 10.9. The summed E-state index contributed by atoms with van der Waals surface area (Å²) in [5.41, 5.74) is 7.07. The van der Waals surface area contributed by atoms with Crippen molar-refractivity contribution < 1.29 is 10.0 Å². The molecule has 0 aliphatic carbocycles. The van der Waals surface area contributed by atoms with E-state index in [4.69, 9.17) is 5.73 Å². The number of hydrogen-bond acceptors (Lipinski definition) is 5. The van der Waals surface area contributed by atoms with E-state index in [1.54, 1.807) is 30.3 Å². The molecule has 0 bridgehead atoms. The molecule has 0 unspecified atom stereocenters. The highest BCUT2D eigenvalue weighted by Gasteiger charge is 2.13. The number of hydrogen-bond donors (Lipinski definition) is 3. The van der Waals surface area contributed by atoms with Gasteiger partial charge in [-0.3, -0.25) is 10.1 Å². The zero-order valence-electron chi connectivity index (χ0n) is 10.0. The highest BCUT2D eigenvalue weighted by molar-refractivity contribution is 5.63. The van der Waals surface area contributed by atoms with E-state index in [1.807, 2.05) is 0 Å². The lowest BCUT2D eigenvalue weighted by atomic mass is 10.1. The quantitative estimate of drug-likeness (QED) is 0.445. The van der Waals surface area contributed by atoms with Crippen molar-refractivity contribution >= 4 is 17.1 Å². The van der Waals surface area contributed by atoms with Gasteiger partial charge in [0.05, 0.1) is 4.92 Å². The van der Waals surface area contributed by atoms with Crippen molar-refractivity contribution in [2.24, 2.45) is 0 Å². The molecule has 0 amide bonds. The molecule has 0 aromatic heterocycles. The van der Waals surface area contributed by atoms with E-state index in [0.717, 1.165) is 0 Å². The van der Waals surface area contributed by atoms with Crippen LogP contribution in [0.2, 0.25) is 0 Å². The minimum Gasteiger partial charge on any atom is -0.508 e. The lowest BCUT2D eigenvalue weighted by Crippen LogP contribution is -2.05. The largest absolute Gasteiger partial charge is 0.508 e. The smallest absolute Gasteiger partial charge is 0.292 e. The van der Waals surface area contributed by atoms with Gasteiger partial charge in [-0.25, -0.2) is 0 Å². The number of nitrogen functional groups attached to an aromatic ring is 1. The molecule has 6 heteroatoms. The molecule has 0 radical (unpaired) electrons. The van der Waals surface area contributed by atoms with Crippen LogP contribution >= 0.6 is 0 Å². The van der Waals surface area contributed by atoms with Crippen molar-refractivity contribution in [2.45, 2.75) is 6.54 Å². The number of phenolic OH excluding ortho intramolecular Hbond substituents is 1. The first-order valence-electron chi connectivity index (χ1n) is 5.63. The zero-order valence-corrected chi connectivity index (χ0v) is 10.0. The first kappa shape index (κ1) is 12.7. The van der Waals surface area contributed by atoms with Crippen molar-refractivity contribution in [3.05, 3.63) is 58.1 Å². The van der Waals surface area contributed by atoms with Gasteiger partial charge in [-0.2, -0.15) is 0 Å². The van der Waals surface area contributed by atoms with Gasteiger partial charge >= 0.3 is 0 Å². The SMILES string of the molecule is Nc1cccc(O)c1CNc1ccccc1[N+](=O)[O-]. The van der Waals surface area contributed by atoms with Crippen LogP contribution in [0.3, 0.4) is 0 Å². The first-order valence-corrected chi connectivity index (χ1v) is 5.63. The van der Waals surface area contributed by atoms with Crippen LogP contribution in [0.15, 0.2) is 42.5 Å². The van der Waals surface area contributed by atoms with Gasteiger partial charge in [0.25, 0.3) is 5.69 Å². The topological polar surface area (TPSA) is 101 Å². The Morgan fingerprint density at radius 1 is 1.21 bits per heavy atom. The van der Waals surface area contributed by atoms with Gasteiger partial charge in [-0.1, -0.05) is 18.2 Å². The number of anilines is 2. The predicted octanol–water partition coefficient (Wildman–Crippen LogP) is 2.49. The van der Waals surface area contributed by atoms with E-state index < -0.39 is 4.92 Å². The van der Waals surface area contributed by atoms with E-state index in [-0.39, 0.29) is 18.0 Å². The lowest BCUT2D eigenvalue weighted by molar-refractivity contribution is -0.384. The summed E-state index contributed by atoms with van der Waals surface area (Å²) in [5.74, 6) is 0.0612. The number of nitro groups is 1. The molecule has 0 aliphatic heterocycles. The van der Waals surface area contributed by atoms with Crippen LogP contribution in [-0.4, -0.2) is 10.0 Å². The van der Waals surface area contributed by atoms with E-state index in [2.05, 4.69) is 5.32 Å². The van der Waals surface area contributed by atoms with Crippen molar-refractivity contribution in [3.8, 4) is 5.75 Å². The Labute approximate surface area is 109 Å². The standard InChI is InChI=1S/C13H13N3O3/c14-10-4-3-7-13(17)9(10)8-15-11-5-1-2-6-12(11)16(18)19/h1-7,15,17H,8,14H2. The van der Waals surface area contributed by atoms with Gasteiger partial charge < -0.3 is 16.2 Å². The molecule has 6 nitrogen and oxygen atoms in total. The van der Waals surface area contributed by atoms with Crippen LogP contribution in [0.25, 0.3) is 0 Å². The molecule has 0 saturated heterocycles. The number of benzene rings is 2. The molecule has 2 aromatic carbocycles. The van der Waals surface area contributed by atoms with Gasteiger partial charge in [-0.05, 0) is 18.2 Å². The Kier molecular flexibility index (Phi) is 3.51. The summed E-state index contributed by atoms with van der Waals surface area (Å²) in [7, 11) is 0. The summed E-state index contributed by atoms with van der Waals surface area (Å²) in [5, 5.41) is 23.5. The van der Waals surface area contributed by atoms with Crippen LogP contribution in [0.4, 0.5) is 17.1 Å². The Bertz CT molecular complexity index is 594. The fourth-order valence-corrected chi connectivity index (χ4v) is 1.75. The lowest BCUT2D eigenvalue weighted by Gasteiger charge is -2.10. The van der Waals surface area contributed by atoms with Crippen molar-refractivity contribution in [1.82, 2.24) is 0 Å². The Balaban J connectivity index is 2.22. The summed E-state index contributed by atoms with van der Waals surface area (Å²) in [4.78, 5) is 10.4. The van der Waals surface area contributed by atoms with Crippen molar-refractivity contribution in [3.63, 3.8) is 0 Å². The van der Waals surface area contributed by atoms with Crippen LogP contribution < -0.4 is 11.1 Å². The normalized spacial score (nSPS) is 10.1. The van der Waals surface area contributed by atoms with E-state index in [9.17, 15) is 15.2 Å². The average Bonchev–Trinajstić information content (AvgIpc) is 2.38. The van der Waals surface area contributed by atoms with Crippen LogP contribution in [0, 0.1) is 10.1 Å². The third-order valence-corrected chi connectivity index (χ3v) is 2.74. The number of para-hydroxylation sites is 2. The Morgan fingerprint density at radius 3 is 2.63 bits per heavy atom. The fourth-order valence-electron chi connectivity index (χ4n) is 1.75. The van der Waals surface area contributed by atoms with Gasteiger partial charge in [0.15, 0.2) is 0 Å². The minimum atomic E-state index is -0.462. The molecule has 0 aliphatic rings. The molecule has 4 N–H and O–H groups in total. The number of aromatic hydroxyl groups is 1. The van der Waals surface area contributed by atoms with E-state index in [0.29, 0.717) is 16.9 Å². The maximum absolute atomic E-state index is 10.9. The number of nitrogens with one attached hydrogen (secondary N) is 1. The summed E-state index contributed by atoms with van der Waals surface area (Å²) >= 11 is 0. The second-order valence-electron chi connectivity index (χ2n) is 3.97. The second-order valence-corrected chi connectivity index (χ2v) is 3.97. The van der Waals surface area contributed by atoms with Crippen LogP contribution in [0.1, 0.15) is 5.56 Å². The molecular formula is C13H13N3O3.